The summed E-state index contributed by atoms with van der Waals surface area (Å²) >= 11 is 0. The van der Waals surface area contributed by atoms with Gasteiger partial charge in [0.25, 0.3) is 0 Å². The van der Waals surface area contributed by atoms with E-state index in [2.05, 4.69) is 86.1 Å². The van der Waals surface area contributed by atoms with Crippen molar-refractivity contribution >= 4 is 17.3 Å². The largest absolute Gasteiger partial charge is 0.361 e. The van der Waals surface area contributed by atoms with Crippen LogP contribution in [-0.2, 0) is 11.2 Å². The highest BCUT2D eigenvalue weighted by molar-refractivity contribution is 5.83. The van der Waals surface area contributed by atoms with Crippen LogP contribution in [0.3, 0.4) is 0 Å². The van der Waals surface area contributed by atoms with Crippen LogP contribution in [0, 0.1) is 11.5 Å². The summed E-state index contributed by atoms with van der Waals surface area (Å²) in [7, 11) is 0. The predicted molar refractivity (Wildman–Crippen MR) is 135 cm³/mol. The van der Waals surface area contributed by atoms with E-state index < -0.39 is 0 Å². The number of benzene rings is 1. The van der Waals surface area contributed by atoms with Crippen LogP contribution >= 0.6 is 0 Å². The van der Waals surface area contributed by atoms with E-state index >= 15 is 0 Å². The second kappa shape index (κ2) is 15.4. The number of fused-ring (bicyclic) bond motifs is 1. The average Bonchev–Trinajstić information content (AvgIpc) is 3.20. The van der Waals surface area contributed by atoms with Crippen LogP contribution in [0.25, 0.3) is 10.9 Å². The van der Waals surface area contributed by atoms with Crippen molar-refractivity contribution in [2.75, 3.05) is 13.1 Å². The Balaban J connectivity index is 0.000000646. The third-order valence-electron chi connectivity index (χ3n) is 5.46. The number of allylic oxidation sites excluding steroid dienone is 4. The van der Waals surface area contributed by atoms with Crippen molar-refractivity contribution < 1.29 is 4.79 Å². The van der Waals surface area contributed by atoms with Crippen molar-refractivity contribution in [1.29, 1.82) is 5.26 Å². The van der Waals surface area contributed by atoms with E-state index in [-0.39, 0.29) is 0 Å². The third-order valence-corrected chi connectivity index (χ3v) is 5.46. The monoisotopic (exact) mass is 432 g/mol. The summed E-state index contributed by atoms with van der Waals surface area (Å²) in [4.78, 5) is 15.1. The Kier molecular flexibility index (Phi) is 12.9. The van der Waals surface area contributed by atoms with Gasteiger partial charge >= 0.3 is 0 Å². The number of amides is 1. The van der Waals surface area contributed by atoms with Crippen LogP contribution in [0.5, 0.6) is 0 Å². The second-order valence-electron chi connectivity index (χ2n) is 7.67. The van der Waals surface area contributed by atoms with Crippen molar-refractivity contribution in [2.45, 2.75) is 45.6 Å². The molecule has 1 fully saturated rings. The lowest BCUT2D eigenvalue weighted by molar-refractivity contribution is -0.108. The molecule has 2 N–H and O–H groups in total. The summed E-state index contributed by atoms with van der Waals surface area (Å²) in [6.07, 6.45) is 15.4. The average molecular weight is 433 g/mol. The van der Waals surface area contributed by atoms with E-state index in [0.717, 1.165) is 25.6 Å². The zero-order chi connectivity index (χ0) is 23.8. The molecule has 5 nitrogen and oxygen atoms in total. The minimum atomic E-state index is 0.319. The van der Waals surface area contributed by atoms with Crippen LogP contribution < -0.4 is 5.32 Å². The van der Waals surface area contributed by atoms with E-state index in [1.807, 2.05) is 6.08 Å². The fourth-order valence-corrected chi connectivity index (χ4v) is 3.49. The van der Waals surface area contributed by atoms with Gasteiger partial charge in [-0.3, -0.25) is 15.0 Å². The van der Waals surface area contributed by atoms with E-state index in [4.69, 9.17) is 10.1 Å². The number of carbonyl (C=O) groups is 1. The van der Waals surface area contributed by atoms with Gasteiger partial charge < -0.3 is 4.98 Å². The van der Waals surface area contributed by atoms with Gasteiger partial charge in [-0.1, -0.05) is 60.6 Å². The first-order valence-electron chi connectivity index (χ1n) is 10.9. The number of nitrogens with one attached hydrogen (secondary N) is 2. The number of aromatic nitrogens is 1. The molecule has 0 atom stereocenters. The number of aromatic amines is 1. The number of carbonyl (C=O) groups excluding carboxylic acids is 1. The number of hydrogen-bond acceptors (Lipinski definition) is 3. The Bertz CT molecular complexity index is 944. The van der Waals surface area contributed by atoms with Gasteiger partial charge in [0.2, 0.25) is 6.41 Å². The zero-order valence-corrected chi connectivity index (χ0v) is 19.4. The minimum absolute atomic E-state index is 0.319. The Morgan fingerprint density at radius 2 is 2.00 bits per heavy atom. The Morgan fingerprint density at radius 1 is 1.28 bits per heavy atom. The number of para-hydroxylation sites is 1. The number of nitrogens with zero attached hydrogens (tertiary/aromatic N) is 2. The molecule has 2 aromatic rings. The van der Waals surface area contributed by atoms with Gasteiger partial charge in [0.05, 0.1) is 0 Å². The minimum Gasteiger partial charge on any atom is -0.361 e. The van der Waals surface area contributed by atoms with Crippen molar-refractivity contribution in [2.24, 2.45) is 0 Å². The van der Waals surface area contributed by atoms with Crippen LogP contribution in [0.15, 0.2) is 79.6 Å². The molecule has 0 radical (unpaired) electrons. The molecule has 1 aromatic carbocycles. The topological polar surface area (TPSA) is 71.9 Å². The maximum absolute atomic E-state index is 9.07. The van der Waals surface area contributed by atoms with Gasteiger partial charge in [0, 0.05) is 36.2 Å². The lowest BCUT2D eigenvalue weighted by Crippen LogP contribution is -2.42. The molecule has 32 heavy (non-hydrogen) atoms. The summed E-state index contributed by atoms with van der Waals surface area (Å²) in [5, 5.41) is 10.6. The lowest BCUT2D eigenvalue weighted by Gasteiger charge is -2.38. The maximum atomic E-state index is 9.07. The molecule has 1 aromatic heterocycles. The Hall–Kier alpha value is -3.36. The Labute approximate surface area is 192 Å². The molecule has 0 saturated heterocycles. The molecule has 0 aliphatic heterocycles. The molecule has 1 aliphatic carbocycles. The highest BCUT2D eigenvalue weighted by Crippen LogP contribution is 2.26. The summed E-state index contributed by atoms with van der Waals surface area (Å²) in [6.45, 7) is 16.3. The standard InChI is InChI=1S/C23H30N2.C2H2N2O.C2H4/c1-4-18(2)12-13-19(3)17-25(21-8-7-9-21)15-14-20-16-24-23-11-6-5-10-22(20)23;3-1-4-2-5;1-2/h4-6,10-13,16,21,24H,1,7-9,14-15,17H2,2-3H3;2H,(H,4,5);1-2H2/b18-12-,19-13+;;. The van der Waals surface area contributed by atoms with Gasteiger partial charge in [-0.15, -0.1) is 13.2 Å². The second-order valence-corrected chi connectivity index (χ2v) is 7.67. The summed E-state index contributed by atoms with van der Waals surface area (Å²) in [6, 6.07) is 9.37. The molecule has 3 rings (SSSR count). The van der Waals surface area contributed by atoms with Crippen LogP contribution in [0.2, 0.25) is 0 Å². The normalized spacial score (nSPS) is 13.7. The van der Waals surface area contributed by atoms with Gasteiger partial charge in [0.15, 0.2) is 6.19 Å². The first-order valence-corrected chi connectivity index (χ1v) is 10.9. The first kappa shape index (κ1) is 26.7. The highest BCUT2D eigenvalue weighted by Gasteiger charge is 2.24. The molecular formula is C27H36N4O. The molecule has 170 valence electrons. The molecule has 1 saturated carbocycles. The van der Waals surface area contributed by atoms with Crippen molar-refractivity contribution in [1.82, 2.24) is 15.2 Å². The summed E-state index contributed by atoms with van der Waals surface area (Å²) < 4.78 is 0. The van der Waals surface area contributed by atoms with Crippen molar-refractivity contribution in [3.8, 4) is 6.19 Å². The van der Waals surface area contributed by atoms with E-state index in [0.29, 0.717) is 6.41 Å². The summed E-state index contributed by atoms with van der Waals surface area (Å²) in [5.74, 6) is 0. The Morgan fingerprint density at radius 3 is 2.56 bits per heavy atom. The molecule has 5 heteroatoms. The molecule has 0 spiro atoms. The smallest absolute Gasteiger partial charge is 0.220 e. The molecular weight excluding hydrogens is 396 g/mol. The van der Waals surface area contributed by atoms with Crippen molar-refractivity contribution in [3.05, 3.63) is 85.1 Å². The third kappa shape index (κ3) is 8.79. The van der Waals surface area contributed by atoms with E-state index in [1.165, 1.54) is 53.1 Å². The van der Waals surface area contributed by atoms with Crippen LogP contribution in [0.4, 0.5) is 0 Å². The van der Waals surface area contributed by atoms with Gasteiger partial charge in [-0.05, 0) is 44.7 Å². The molecule has 1 amide bonds. The molecule has 1 aliphatic rings. The molecule has 1 heterocycles. The number of hydrogen-bond donors (Lipinski definition) is 2. The SMILES string of the molecule is C=C.C=C/C(C)=C\C=C(/C)CN(CCc1c[nH]c2ccccc12)C1CCC1.N#CNC=O. The first-order chi connectivity index (χ1) is 15.6. The van der Waals surface area contributed by atoms with Crippen molar-refractivity contribution in [3.63, 3.8) is 0 Å². The zero-order valence-electron chi connectivity index (χ0n) is 19.4. The van der Waals surface area contributed by atoms with Crippen LogP contribution in [0.1, 0.15) is 38.7 Å². The number of nitriles is 1. The van der Waals surface area contributed by atoms with Gasteiger partial charge in [-0.25, -0.2) is 0 Å². The number of H-pyrrole nitrogens is 1. The fraction of sp³-hybridized carbons (Fsp3) is 0.333. The van der Waals surface area contributed by atoms with Crippen LogP contribution in [-0.4, -0.2) is 35.4 Å². The quantitative estimate of drug-likeness (QED) is 0.177. The van der Waals surface area contributed by atoms with Gasteiger partial charge in [-0.2, -0.15) is 5.26 Å². The predicted octanol–water partition coefficient (Wildman–Crippen LogP) is 5.66. The summed E-state index contributed by atoms with van der Waals surface area (Å²) in [5.41, 5.74) is 5.32. The fourth-order valence-electron chi connectivity index (χ4n) is 3.49. The van der Waals surface area contributed by atoms with E-state index in [9.17, 15) is 0 Å². The lowest BCUT2D eigenvalue weighted by atomic mass is 9.90. The molecule has 0 unspecified atom stereocenters. The molecule has 0 bridgehead atoms. The maximum Gasteiger partial charge on any atom is 0.220 e. The highest BCUT2D eigenvalue weighted by atomic mass is 16.1. The number of rotatable bonds is 9. The van der Waals surface area contributed by atoms with E-state index in [1.54, 1.807) is 5.32 Å². The van der Waals surface area contributed by atoms with Gasteiger partial charge in [0.1, 0.15) is 0 Å².